The molecule has 0 saturated heterocycles. The summed E-state index contributed by atoms with van der Waals surface area (Å²) in [7, 11) is 1.60. The quantitative estimate of drug-likeness (QED) is 0.626. The standard InChI is InChI=1S/C13H18N4O2S/c1-9-3-5-15-12-11(9)16-13(20)17(12)7-4-10(18)14-6-8-19-2/h3,5H,4,6-8H2,1-2H3,(H,14,18)(H,16,20). The molecule has 7 heteroatoms. The van der Waals surface area contributed by atoms with Crippen molar-refractivity contribution in [2.75, 3.05) is 20.3 Å². The van der Waals surface area contributed by atoms with E-state index in [1.54, 1.807) is 13.3 Å². The Morgan fingerprint density at radius 2 is 2.40 bits per heavy atom. The zero-order valence-electron chi connectivity index (χ0n) is 11.6. The number of carbonyl (C=O) groups is 1. The number of aromatic nitrogens is 3. The van der Waals surface area contributed by atoms with Crippen molar-refractivity contribution >= 4 is 29.3 Å². The minimum atomic E-state index is -0.0223. The number of carbonyl (C=O) groups excluding carboxylic acids is 1. The molecule has 0 aromatic carbocycles. The Labute approximate surface area is 122 Å². The van der Waals surface area contributed by atoms with Crippen molar-refractivity contribution in [2.45, 2.75) is 19.9 Å². The molecule has 0 saturated carbocycles. The summed E-state index contributed by atoms with van der Waals surface area (Å²) < 4.78 is 7.33. The Bertz CT molecular complexity index is 662. The van der Waals surface area contributed by atoms with Crippen molar-refractivity contribution in [1.82, 2.24) is 19.9 Å². The van der Waals surface area contributed by atoms with E-state index in [4.69, 9.17) is 17.0 Å². The van der Waals surface area contributed by atoms with Crippen LogP contribution < -0.4 is 5.32 Å². The number of imidazole rings is 1. The maximum atomic E-state index is 11.7. The summed E-state index contributed by atoms with van der Waals surface area (Å²) >= 11 is 5.29. The van der Waals surface area contributed by atoms with Gasteiger partial charge in [-0.3, -0.25) is 4.79 Å². The molecule has 1 amide bonds. The van der Waals surface area contributed by atoms with E-state index in [1.165, 1.54) is 0 Å². The number of nitrogens with one attached hydrogen (secondary N) is 2. The lowest BCUT2D eigenvalue weighted by molar-refractivity contribution is -0.121. The SMILES string of the molecule is COCCNC(=O)CCn1c(=S)[nH]c2c(C)ccnc21. The van der Waals surface area contributed by atoms with Crippen LogP contribution in [-0.2, 0) is 16.1 Å². The second-order valence-corrected chi connectivity index (χ2v) is 4.89. The van der Waals surface area contributed by atoms with Crippen LogP contribution in [-0.4, -0.2) is 40.7 Å². The van der Waals surface area contributed by atoms with Gasteiger partial charge in [-0.2, -0.15) is 0 Å². The molecular formula is C13H18N4O2S. The largest absolute Gasteiger partial charge is 0.383 e. The van der Waals surface area contributed by atoms with Gasteiger partial charge in [0.05, 0.1) is 12.1 Å². The van der Waals surface area contributed by atoms with Crippen LogP contribution in [0.3, 0.4) is 0 Å². The number of pyridine rings is 1. The summed E-state index contributed by atoms with van der Waals surface area (Å²) in [6.07, 6.45) is 2.11. The van der Waals surface area contributed by atoms with E-state index in [0.717, 1.165) is 16.7 Å². The molecule has 0 aliphatic rings. The van der Waals surface area contributed by atoms with E-state index in [-0.39, 0.29) is 5.91 Å². The Morgan fingerprint density at radius 1 is 1.60 bits per heavy atom. The minimum absolute atomic E-state index is 0.0223. The number of hydrogen-bond donors (Lipinski definition) is 2. The lowest BCUT2D eigenvalue weighted by Gasteiger charge is -2.06. The van der Waals surface area contributed by atoms with Crippen molar-refractivity contribution in [3.8, 4) is 0 Å². The summed E-state index contributed by atoms with van der Waals surface area (Å²) in [5.74, 6) is -0.0223. The molecule has 2 N–H and O–H groups in total. The van der Waals surface area contributed by atoms with Crippen LogP contribution in [0.4, 0.5) is 0 Å². The summed E-state index contributed by atoms with van der Waals surface area (Å²) in [4.78, 5) is 19.1. The van der Waals surface area contributed by atoms with Crippen LogP contribution in [0.2, 0.25) is 0 Å². The normalized spacial score (nSPS) is 10.9. The van der Waals surface area contributed by atoms with Crippen molar-refractivity contribution in [1.29, 1.82) is 0 Å². The number of aryl methyl sites for hydroxylation is 2. The fraction of sp³-hybridized carbons (Fsp3) is 0.462. The van der Waals surface area contributed by atoms with Gasteiger partial charge in [0.15, 0.2) is 10.4 Å². The molecule has 2 aromatic rings. The van der Waals surface area contributed by atoms with E-state index < -0.39 is 0 Å². The summed E-state index contributed by atoms with van der Waals surface area (Å²) in [5.41, 5.74) is 2.81. The van der Waals surface area contributed by atoms with Gasteiger partial charge < -0.3 is 19.6 Å². The number of fused-ring (bicyclic) bond motifs is 1. The number of aromatic amines is 1. The average Bonchev–Trinajstić information content (AvgIpc) is 2.74. The maximum Gasteiger partial charge on any atom is 0.221 e. The Morgan fingerprint density at radius 3 is 3.15 bits per heavy atom. The molecule has 2 rings (SSSR count). The highest BCUT2D eigenvalue weighted by Crippen LogP contribution is 2.15. The minimum Gasteiger partial charge on any atom is -0.383 e. The fourth-order valence-corrected chi connectivity index (χ4v) is 2.26. The number of H-pyrrole nitrogens is 1. The van der Waals surface area contributed by atoms with Crippen LogP contribution in [0, 0.1) is 11.7 Å². The fourth-order valence-electron chi connectivity index (χ4n) is 1.98. The summed E-state index contributed by atoms with van der Waals surface area (Å²) in [5, 5.41) is 2.78. The topological polar surface area (TPSA) is 71.9 Å². The highest BCUT2D eigenvalue weighted by molar-refractivity contribution is 7.71. The van der Waals surface area contributed by atoms with Crippen molar-refractivity contribution in [2.24, 2.45) is 0 Å². The van der Waals surface area contributed by atoms with E-state index in [2.05, 4.69) is 15.3 Å². The first-order chi connectivity index (χ1) is 9.63. The summed E-state index contributed by atoms with van der Waals surface area (Å²) in [6, 6.07) is 1.93. The van der Waals surface area contributed by atoms with Gasteiger partial charge in [-0.25, -0.2) is 4.98 Å². The molecule has 0 radical (unpaired) electrons. The van der Waals surface area contributed by atoms with Gasteiger partial charge in [-0.1, -0.05) is 0 Å². The maximum absolute atomic E-state index is 11.7. The van der Waals surface area contributed by atoms with Gasteiger partial charge in [-0.15, -0.1) is 0 Å². The zero-order chi connectivity index (χ0) is 14.5. The molecule has 108 valence electrons. The Kier molecular flexibility index (Phi) is 4.86. The van der Waals surface area contributed by atoms with Gasteiger partial charge in [0.25, 0.3) is 0 Å². The number of ether oxygens (including phenoxy) is 1. The first-order valence-corrected chi connectivity index (χ1v) is 6.84. The van der Waals surface area contributed by atoms with Crippen LogP contribution >= 0.6 is 12.2 Å². The van der Waals surface area contributed by atoms with Crippen molar-refractivity contribution < 1.29 is 9.53 Å². The predicted octanol–water partition coefficient (Wildman–Crippen LogP) is 1.56. The van der Waals surface area contributed by atoms with E-state index >= 15 is 0 Å². The van der Waals surface area contributed by atoms with Crippen LogP contribution in [0.15, 0.2) is 12.3 Å². The molecule has 20 heavy (non-hydrogen) atoms. The second kappa shape index (κ2) is 6.62. The van der Waals surface area contributed by atoms with Crippen LogP contribution in [0.1, 0.15) is 12.0 Å². The third-order valence-electron chi connectivity index (χ3n) is 3.06. The third-order valence-corrected chi connectivity index (χ3v) is 3.39. The molecular weight excluding hydrogens is 276 g/mol. The lowest BCUT2D eigenvalue weighted by atomic mass is 10.3. The molecule has 0 bridgehead atoms. The molecule has 0 aliphatic carbocycles. The number of nitrogens with zero attached hydrogens (tertiary/aromatic N) is 2. The van der Waals surface area contributed by atoms with E-state index in [1.807, 2.05) is 17.6 Å². The lowest BCUT2D eigenvalue weighted by Crippen LogP contribution is -2.27. The number of amides is 1. The van der Waals surface area contributed by atoms with Crippen LogP contribution in [0.5, 0.6) is 0 Å². The van der Waals surface area contributed by atoms with Gasteiger partial charge in [0.1, 0.15) is 0 Å². The molecule has 2 aromatic heterocycles. The Hall–Kier alpha value is -1.73. The first-order valence-electron chi connectivity index (χ1n) is 6.43. The van der Waals surface area contributed by atoms with Gasteiger partial charge >= 0.3 is 0 Å². The van der Waals surface area contributed by atoms with E-state index in [0.29, 0.717) is 30.9 Å². The Balaban J connectivity index is 2.07. The summed E-state index contributed by atoms with van der Waals surface area (Å²) in [6.45, 7) is 3.54. The molecule has 0 unspecified atom stereocenters. The predicted molar refractivity (Wildman–Crippen MR) is 79.2 cm³/mol. The highest BCUT2D eigenvalue weighted by atomic mass is 32.1. The van der Waals surface area contributed by atoms with Crippen molar-refractivity contribution in [3.05, 3.63) is 22.6 Å². The van der Waals surface area contributed by atoms with Crippen molar-refractivity contribution in [3.63, 3.8) is 0 Å². The highest BCUT2D eigenvalue weighted by Gasteiger charge is 2.09. The molecule has 6 nitrogen and oxygen atoms in total. The van der Waals surface area contributed by atoms with Gasteiger partial charge in [-0.05, 0) is 30.8 Å². The molecule has 0 fully saturated rings. The molecule has 0 spiro atoms. The van der Waals surface area contributed by atoms with Crippen LogP contribution in [0.25, 0.3) is 11.2 Å². The first kappa shape index (κ1) is 14.7. The molecule has 0 atom stereocenters. The van der Waals surface area contributed by atoms with E-state index in [9.17, 15) is 4.79 Å². The smallest absolute Gasteiger partial charge is 0.221 e. The number of hydrogen-bond acceptors (Lipinski definition) is 4. The average molecular weight is 294 g/mol. The molecule has 0 aliphatic heterocycles. The second-order valence-electron chi connectivity index (χ2n) is 4.50. The zero-order valence-corrected chi connectivity index (χ0v) is 12.4. The number of rotatable bonds is 6. The van der Waals surface area contributed by atoms with Gasteiger partial charge in [0.2, 0.25) is 5.91 Å². The molecule has 2 heterocycles. The van der Waals surface area contributed by atoms with Gasteiger partial charge in [0, 0.05) is 32.8 Å². The number of methoxy groups -OCH3 is 1. The third kappa shape index (κ3) is 3.23. The monoisotopic (exact) mass is 294 g/mol.